The maximum atomic E-state index is 12.9. The lowest BCUT2D eigenvalue weighted by molar-refractivity contribution is 0.225. The van der Waals surface area contributed by atoms with Gasteiger partial charge >= 0.3 is 0 Å². The van der Waals surface area contributed by atoms with Crippen molar-refractivity contribution in [3.8, 4) is 0 Å². The molecule has 2 aliphatic heterocycles. The van der Waals surface area contributed by atoms with E-state index in [1.165, 1.54) is 0 Å². The third kappa shape index (κ3) is 3.68. The van der Waals surface area contributed by atoms with E-state index in [0.717, 1.165) is 50.3 Å². The fourth-order valence-corrected chi connectivity index (χ4v) is 6.12. The van der Waals surface area contributed by atoms with Gasteiger partial charge in [-0.3, -0.25) is 0 Å². The van der Waals surface area contributed by atoms with E-state index < -0.39 is 10.2 Å². The normalized spacial score (nSPS) is 29.1. The molecule has 0 aliphatic carbocycles. The first-order valence-corrected chi connectivity index (χ1v) is 10.2. The highest BCUT2D eigenvalue weighted by atomic mass is 32.2. The summed E-state index contributed by atoms with van der Waals surface area (Å²) in [4.78, 5) is 0. The Morgan fingerprint density at radius 3 is 2.80 bits per heavy atom. The van der Waals surface area contributed by atoms with Crippen LogP contribution in [0.5, 0.6) is 0 Å². The number of likely N-dealkylation sites (N-methyl/N-ethyl adjacent to an activating group) is 1. The third-order valence-corrected chi connectivity index (χ3v) is 7.53. The van der Waals surface area contributed by atoms with Crippen LogP contribution in [0.4, 0.5) is 0 Å². The van der Waals surface area contributed by atoms with Crippen LogP contribution in [0, 0.1) is 0 Å². The van der Waals surface area contributed by atoms with Gasteiger partial charge in [-0.25, -0.2) is 0 Å². The van der Waals surface area contributed by atoms with Gasteiger partial charge in [0, 0.05) is 38.0 Å². The summed E-state index contributed by atoms with van der Waals surface area (Å²) in [5.41, 5.74) is 0. The summed E-state index contributed by atoms with van der Waals surface area (Å²) in [5, 5.41) is 3.30. The monoisotopic (exact) mass is 321 g/mol. The average Bonchev–Trinajstić information content (AvgIpc) is 2.98. The minimum Gasteiger partial charge on any atom is -0.315 e. The van der Waals surface area contributed by atoms with Gasteiger partial charge in [0.2, 0.25) is 0 Å². The van der Waals surface area contributed by atoms with Gasteiger partial charge in [0.25, 0.3) is 10.2 Å². The molecule has 5 nitrogen and oxygen atoms in total. The molecule has 0 radical (unpaired) electrons. The summed E-state index contributed by atoms with van der Waals surface area (Å²) in [5.74, 6) is 2.01. The zero-order chi connectivity index (χ0) is 14.6. The lowest BCUT2D eigenvalue weighted by Crippen LogP contribution is -2.54. The smallest absolute Gasteiger partial charge is 0.282 e. The molecule has 7 heteroatoms. The Kier molecular flexibility index (Phi) is 6.16. The lowest BCUT2D eigenvalue weighted by atomic mass is 10.1. The van der Waals surface area contributed by atoms with Crippen LogP contribution in [-0.2, 0) is 10.2 Å². The third-order valence-electron chi connectivity index (χ3n) is 4.28. The zero-order valence-electron chi connectivity index (χ0n) is 12.5. The molecule has 0 amide bonds. The molecule has 20 heavy (non-hydrogen) atoms. The van der Waals surface area contributed by atoms with E-state index in [4.69, 9.17) is 0 Å². The summed E-state index contributed by atoms with van der Waals surface area (Å²) in [6.45, 7) is 4.38. The van der Waals surface area contributed by atoms with Gasteiger partial charge in [-0.05, 0) is 31.6 Å². The number of rotatable bonds is 6. The molecule has 2 aliphatic rings. The van der Waals surface area contributed by atoms with Gasteiger partial charge in [-0.15, -0.1) is 0 Å². The molecule has 2 saturated heterocycles. The predicted octanol–water partition coefficient (Wildman–Crippen LogP) is 1.13. The molecule has 2 atom stereocenters. The number of nitrogens with one attached hydrogen (secondary N) is 1. The van der Waals surface area contributed by atoms with E-state index >= 15 is 0 Å². The standard InChI is InChI=1S/C13H27N3O2S2/c1-3-14-10-12-6-4-5-8-16(12)20(17,18)15(2)13-7-9-19-11-13/h12-14H,3-11H2,1-2H3. The summed E-state index contributed by atoms with van der Waals surface area (Å²) in [7, 11) is -1.56. The quantitative estimate of drug-likeness (QED) is 0.797. The van der Waals surface area contributed by atoms with Gasteiger partial charge in [-0.2, -0.15) is 28.8 Å². The molecule has 2 fully saturated rings. The van der Waals surface area contributed by atoms with Crippen LogP contribution >= 0.6 is 11.8 Å². The van der Waals surface area contributed by atoms with E-state index in [0.29, 0.717) is 6.54 Å². The van der Waals surface area contributed by atoms with Crippen molar-refractivity contribution in [3.05, 3.63) is 0 Å². The van der Waals surface area contributed by atoms with Gasteiger partial charge in [0.15, 0.2) is 0 Å². The molecule has 118 valence electrons. The summed E-state index contributed by atoms with van der Waals surface area (Å²) in [6, 6.07) is 0.289. The molecule has 1 N–H and O–H groups in total. The van der Waals surface area contributed by atoms with Crippen molar-refractivity contribution in [2.24, 2.45) is 0 Å². The fourth-order valence-electron chi connectivity index (χ4n) is 2.96. The number of hydrogen-bond acceptors (Lipinski definition) is 4. The van der Waals surface area contributed by atoms with Crippen LogP contribution in [0.15, 0.2) is 0 Å². The molecule has 0 aromatic rings. The molecule has 2 rings (SSSR count). The van der Waals surface area contributed by atoms with Gasteiger partial charge in [-0.1, -0.05) is 13.3 Å². The van der Waals surface area contributed by atoms with E-state index in [1.54, 1.807) is 15.7 Å². The Morgan fingerprint density at radius 1 is 1.35 bits per heavy atom. The maximum Gasteiger partial charge on any atom is 0.282 e. The van der Waals surface area contributed by atoms with Crippen molar-refractivity contribution < 1.29 is 8.42 Å². The highest BCUT2D eigenvalue weighted by molar-refractivity contribution is 7.99. The molecular weight excluding hydrogens is 294 g/mol. The topological polar surface area (TPSA) is 52.7 Å². The Hall–Kier alpha value is 0.180. The van der Waals surface area contributed by atoms with Crippen LogP contribution in [0.1, 0.15) is 32.6 Å². The molecule has 0 aromatic carbocycles. The van der Waals surface area contributed by atoms with Gasteiger partial charge in [0.1, 0.15) is 0 Å². The van der Waals surface area contributed by atoms with E-state index in [-0.39, 0.29) is 12.1 Å². The number of thioether (sulfide) groups is 1. The molecule has 2 heterocycles. The van der Waals surface area contributed by atoms with Crippen LogP contribution in [-0.4, -0.2) is 67.3 Å². The van der Waals surface area contributed by atoms with Crippen LogP contribution in [0.25, 0.3) is 0 Å². The van der Waals surface area contributed by atoms with Crippen molar-refractivity contribution in [2.45, 2.75) is 44.7 Å². The largest absolute Gasteiger partial charge is 0.315 e. The highest BCUT2D eigenvalue weighted by Gasteiger charge is 2.38. The van der Waals surface area contributed by atoms with Crippen molar-refractivity contribution >= 4 is 22.0 Å². The Balaban J connectivity index is 2.08. The van der Waals surface area contributed by atoms with Crippen LogP contribution in [0.3, 0.4) is 0 Å². The SMILES string of the molecule is CCNCC1CCCCN1S(=O)(=O)N(C)C1CCSC1. The fraction of sp³-hybridized carbons (Fsp3) is 1.00. The number of hydrogen-bond donors (Lipinski definition) is 1. The van der Waals surface area contributed by atoms with Crippen molar-refractivity contribution in [3.63, 3.8) is 0 Å². The second kappa shape index (κ2) is 7.45. The minimum atomic E-state index is -3.31. The van der Waals surface area contributed by atoms with E-state index in [9.17, 15) is 8.42 Å². The average molecular weight is 322 g/mol. The highest BCUT2D eigenvalue weighted by Crippen LogP contribution is 2.27. The minimum absolute atomic E-state index is 0.116. The summed E-state index contributed by atoms with van der Waals surface area (Å²) < 4.78 is 29.1. The molecule has 0 bridgehead atoms. The van der Waals surface area contributed by atoms with Crippen LogP contribution < -0.4 is 5.32 Å². The molecule has 0 spiro atoms. The maximum absolute atomic E-state index is 12.9. The first-order valence-electron chi connectivity index (χ1n) is 7.60. The first kappa shape index (κ1) is 16.5. The lowest BCUT2D eigenvalue weighted by Gasteiger charge is -2.38. The predicted molar refractivity (Wildman–Crippen MR) is 85.3 cm³/mol. The molecule has 2 unspecified atom stereocenters. The second-order valence-electron chi connectivity index (χ2n) is 5.61. The summed E-state index contributed by atoms with van der Waals surface area (Å²) >= 11 is 1.85. The number of nitrogens with zero attached hydrogens (tertiary/aromatic N) is 2. The van der Waals surface area contributed by atoms with E-state index in [1.807, 2.05) is 11.8 Å². The zero-order valence-corrected chi connectivity index (χ0v) is 14.2. The Bertz CT molecular complexity index is 396. The van der Waals surface area contributed by atoms with Gasteiger partial charge in [0.05, 0.1) is 0 Å². The first-order chi connectivity index (χ1) is 9.57. The van der Waals surface area contributed by atoms with Crippen LogP contribution in [0.2, 0.25) is 0 Å². The van der Waals surface area contributed by atoms with E-state index in [2.05, 4.69) is 12.2 Å². The van der Waals surface area contributed by atoms with Gasteiger partial charge < -0.3 is 5.32 Å². The van der Waals surface area contributed by atoms with Crippen molar-refractivity contribution in [1.82, 2.24) is 13.9 Å². The number of piperidine rings is 1. The Morgan fingerprint density at radius 2 is 2.15 bits per heavy atom. The Labute approximate surface area is 127 Å². The van der Waals surface area contributed by atoms with Crippen molar-refractivity contribution in [2.75, 3.05) is 38.2 Å². The second-order valence-corrected chi connectivity index (χ2v) is 8.70. The molecule has 0 saturated carbocycles. The molecular formula is C13H27N3O2S2. The molecule has 0 aromatic heterocycles. The summed E-state index contributed by atoms with van der Waals surface area (Å²) in [6.07, 6.45) is 4.06. The van der Waals surface area contributed by atoms with Crippen molar-refractivity contribution in [1.29, 1.82) is 0 Å².